The van der Waals surface area contributed by atoms with Crippen molar-refractivity contribution in [3.63, 3.8) is 0 Å². The minimum absolute atomic E-state index is 0.0886. The normalized spacial score (nSPS) is 10.9. The van der Waals surface area contributed by atoms with E-state index in [0.29, 0.717) is 12.3 Å². The predicted molar refractivity (Wildman–Crippen MR) is 89.9 cm³/mol. The maximum absolute atomic E-state index is 13.2. The largest absolute Gasteiger partial charge is 0.455 e. The van der Waals surface area contributed by atoms with Gasteiger partial charge < -0.3 is 9.73 Å². The zero-order valence-corrected chi connectivity index (χ0v) is 13.7. The average Bonchev–Trinajstić information content (AvgIpc) is 3.01. The molecule has 0 bridgehead atoms. The molecule has 0 saturated carbocycles. The van der Waals surface area contributed by atoms with Gasteiger partial charge >= 0.3 is 0 Å². The highest BCUT2D eigenvalue weighted by Crippen LogP contribution is 2.26. The molecule has 0 atom stereocenters. The van der Waals surface area contributed by atoms with Gasteiger partial charge in [0, 0.05) is 16.1 Å². The SMILES string of the molecule is Fc1ccc(-c2ccc(C[NH2+]Cc3ccccc3Cl)o2)cc1Cl. The van der Waals surface area contributed by atoms with E-state index in [1.165, 1.54) is 6.07 Å². The summed E-state index contributed by atoms with van der Waals surface area (Å²) in [6.45, 7) is 1.47. The second-order valence-corrected chi connectivity index (χ2v) is 6.00. The molecule has 118 valence electrons. The molecule has 0 spiro atoms. The van der Waals surface area contributed by atoms with E-state index in [-0.39, 0.29) is 5.02 Å². The zero-order chi connectivity index (χ0) is 16.2. The van der Waals surface area contributed by atoms with Crippen LogP contribution in [0.5, 0.6) is 0 Å². The first kappa shape index (κ1) is 16.1. The van der Waals surface area contributed by atoms with Gasteiger partial charge in [-0.3, -0.25) is 0 Å². The topological polar surface area (TPSA) is 29.8 Å². The molecular weight excluding hydrogens is 336 g/mol. The second kappa shape index (κ2) is 7.18. The standard InChI is InChI=1S/C18H14Cl2FNO/c19-15-4-2-1-3-13(15)10-22-11-14-6-8-18(23-14)12-5-7-17(21)16(20)9-12/h1-9,22H,10-11H2/p+1. The van der Waals surface area contributed by atoms with Crippen molar-refractivity contribution in [3.05, 3.63) is 81.8 Å². The lowest BCUT2D eigenvalue weighted by molar-refractivity contribution is -0.687. The van der Waals surface area contributed by atoms with Gasteiger partial charge in [-0.2, -0.15) is 0 Å². The van der Waals surface area contributed by atoms with E-state index in [9.17, 15) is 4.39 Å². The summed E-state index contributed by atoms with van der Waals surface area (Å²) in [5.74, 6) is 1.08. The maximum Gasteiger partial charge on any atom is 0.158 e. The lowest BCUT2D eigenvalue weighted by atomic mass is 10.2. The highest BCUT2D eigenvalue weighted by molar-refractivity contribution is 6.31. The monoisotopic (exact) mass is 350 g/mol. The van der Waals surface area contributed by atoms with Gasteiger partial charge in [0.1, 0.15) is 24.7 Å². The van der Waals surface area contributed by atoms with E-state index in [1.54, 1.807) is 12.1 Å². The molecule has 0 radical (unpaired) electrons. The summed E-state index contributed by atoms with van der Waals surface area (Å²) in [7, 11) is 0. The van der Waals surface area contributed by atoms with Crippen LogP contribution in [0, 0.1) is 5.82 Å². The van der Waals surface area contributed by atoms with Crippen LogP contribution in [-0.2, 0) is 13.1 Å². The molecule has 23 heavy (non-hydrogen) atoms. The van der Waals surface area contributed by atoms with Gasteiger partial charge in [-0.05, 0) is 36.4 Å². The fourth-order valence-electron chi connectivity index (χ4n) is 2.33. The lowest BCUT2D eigenvalue weighted by Crippen LogP contribution is -2.80. The van der Waals surface area contributed by atoms with Crippen LogP contribution < -0.4 is 5.32 Å². The second-order valence-electron chi connectivity index (χ2n) is 5.18. The van der Waals surface area contributed by atoms with Crippen LogP contribution in [0.25, 0.3) is 11.3 Å². The highest BCUT2D eigenvalue weighted by Gasteiger charge is 2.09. The van der Waals surface area contributed by atoms with Crippen molar-refractivity contribution in [1.29, 1.82) is 0 Å². The Bertz CT molecular complexity index is 816. The summed E-state index contributed by atoms with van der Waals surface area (Å²) < 4.78 is 19.0. The van der Waals surface area contributed by atoms with Crippen LogP contribution in [-0.4, -0.2) is 0 Å². The molecular formula is C18H15Cl2FNO+. The predicted octanol–water partition coefficient (Wildman–Crippen LogP) is 4.66. The van der Waals surface area contributed by atoms with Gasteiger partial charge in [0.25, 0.3) is 0 Å². The molecule has 2 aromatic carbocycles. The number of furan rings is 1. The van der Waals surface area contributed by atoms with Crippen LogP contribution in [0.2, 0.25) is 10.0 Å². The lowest BCUT2D eigenvalue weighted by Gasteiger charge is -2.02. The number of hydrogen-bond donors (Lipinski definition) is 1. The first-order valence-electron chi connectivity index (χ1n) is 7.22. The Morgan fingerprint density at radius 3 is 2.52 bits per heavy atom. The Balaban J connectivity index is 1.63. The maximum atomic E-state index is 13.2. The van der Waals surface area contributed by atoms with E-state index >= 15 is 0 Å². The van der Waals surface area contributed by atoms with E-state index in [1.807, 2.05) is 36.4 Å². The van der Waals surface area contributed by atoms with Crippen molar-refractivity contribution in [2.45, 2.75) is 13.1 Å². The van der Waals surface area contributed by atoms with Gasteiger partial charge in [0.15, 0.2) is 5.76 Å². The van der Waals surface area contributed by atoms with Crippen molar-refractivity contribution in [2.24, 2.45) is 0 Å². The van der Waals surface area contributed by atoms with Crippen molar-refractivity contribution in [3.8, 4) is 11.3 Å². The fraction of sp³-hybridized carbons (Fsp3) is 0.111. The first-order chi connectivity index (χ1) is 11.1. The molecule has 0 aliphatic rings. The van der Waals surface area contributed by atoms with E-state index in [4.69, 9.17) is 27.6 Å². The minimum Gasteiger partial charge on any atom is -0.455 e. The summed E-state index contributed by atoms with van der Waals surface area (Å²) in [6.07, 6.45) is 0. The third-order valence-electron chi connectivity index (χ3n) is 3.53. The van der Waals surface area contributed by atoms with Gasteiger partial charge in [-0.15, -0.1) is 0 Å². The summed E-state index contributed by atoms with van der Waals surface area (Å²) in [6, 6.07) is 16.1. The summed E-state index contributed by atoms with van der Waals surface area (Å²) in [5.41, 5.74) is 1.85. The number of rotatable bonds is 5. The van der Waals surface area contributed by atoms with E-state index in [0.717, 1.165) is 28.5 Å². The van der Waals surface area contributed by atoms with Gasteiger partial charge in [0.2, 0.25) is 0 Å². The van der Waals surface area contributed by atoms with Gasteiger partial charge in [0.05, 0.1) is 5.02 Å². The number of halogens is 3. The molecule has 3 rings (SSSR count). The number of nitrogens with two attached hydrogens (primary N) is 1. The molecule has 1 aromatic heterocycles. The number of hydrogen-bond acceptors (Lipinski definition) is 1. The van der Waals surface area contributed by atoms with Crippen LogP contribution >= 0.6 is 23.2 Å². The molecule has 2 nitrogen and oxygen atoms in total. The van der Waals surface area contributed by atoms with Crippen molar-refractivity contribution < 1.29 is 14.1 Å². The molecule has 0 fully saturated rings. The zero-order valence-electron chi connectivity index (χ0n) is 12.2. The van der Waals surface area contributed by atoms with Crippen molar-refractivity contribution in [2.75, 3.05) is 0 Å². The molecule has 0 amide bonds. The Morgan fingerprint density at radius 1 is 0.913 bits per heavy atom. The fourth-order valence-corrected chi connectivity index (χ4v) is 2.72. The Hall–Kier alpha value is -1.81. The molecule has 0 aliphatic heterocycles. The smallest absolute Gasteiger partial charge is 0.158 e. The summed E-state index contributed by atoms with van der Waals surface area (Å²) >= 11 is 11.9. The van der Waals surface area contributed by atoms with Crippen molar-refractivity contribution in [1.82, 2.24) is 0 Å². The molecule has 3 aromatic rings. The van der Waals surface area contributed by atoms with Crippen LogP contribution in [0.3, 0.4) is 0 Å². The molecule has 0 unspecified atom stereocenters. The number of quaternary nitrogens is 1. The Morgan fingerprint density at radius 2 is 1.74 bits per heavy atom. The molecule has 1 heterocycles. The first-order valence-corrected chi connectivity index (χ1v) is 7.98. The quantitative estimate of drug-likeness (QED) is 0.712. The van der Waals surface area contributed by atoms with E-state index < -0.39 is 5.82 Å². The van der Waals surface area contributed by atoms with Crippen LogP contribution in [0.4, 0.5) is 4.39 Å². The van der Waals surface area contributed by atoms with Crippen molar-refractivity contribution >= 4 is 23.2 Å². The van der Waals surface area contributed by atoms with Crippen LogP contribution in [0.1, 0.15) is 11.3 Å². The molecule has 5 heteroatoms. The minimum atomic E-state index is -0.435. The number of benzene rings is 2. The third kappa shape index (κ3) is 3.94. The molecule has 0 saturated heterocycles. The highest BCUT2D eigenvalue weighted by atomic mass is 35.5. The molecule has 2 N–H and O–H groups in total. The van der Waals surface area contributed by atoms with Gasteiger partial charge in [-0.1, -0.05) is 41.4 Å². The Labute approximate surface area is 143 Å². The Kier molecular flexibility index (Phi) is 5.01. The summed E-state index contributed by atoms with van der Waals surface area (Å²) in [5, 5.41) is 2.97. The summed E-state index contributed by atoms with van der Waals surface area (Å²) in [4.78, 5) is 0. The van der Waals surface area contributed by atoms with Gasteiger partial charge in [-0.25, -0.2) is 4.39 Å². The average molecular weight is 351 g/mol. The van der Waals surface area contributed by atoms with Crippen LogP contribution in [0.15, 0.2) is 59.0 Å². The molecule has 0 aliphatic carbocycles. The third-order valence-corrected chi connectivity index (χ3v) is 4.19. The van der Waals surface area contributed by atoms with E-state index in [2.05, 4.69) is 5.32 Å².